The lowest BCUT2D eigenvalue weighted by Gasteiger charge is -2.32. The minimum absolute atomic E-state index is 0.0751. The second-order valence-corrected chi connectivity index (χ2v) is 9.60. The quantitative estimate of drug-likeness (QED) is 0.735. The lowest BCUT2D eigenvalue weighted by Crippen LogP contribution is -2.47. The number of carbonyl (C=O) groups is 2. The maximum absolute atomic E-state index is 13.5. The van der Waals surface area contributed by atoms with Crippen LogP contribution >= 0.6 is 0 Å². The number of carbonyl (C=O) groups excluding carboxylic acids is 2. The summed E-state index contributed by atoms with van der Waals surface area (Å²) in [5.74, 6) is 0.867. The number of aromatic nitrogens is 1. The Morgan fingerprint density at radius 3 is 2.68 bits per heavy atom. The maximum Gasteiger partial charge on any atom is 0.228 e. The molecule has 1 saturated heterocycles. The fourth-order valence-electron chi connectivity index (χ4n) is 4.71. The zero-order chi connectivity index (χ0) is 21.8. The third kappa shape index (κ3) is 4.65. The summed E-state index contributed by atoms with van der Waals surface area (Å²) < 4.78 is 0. The van der Waals surface area contributed by atoms with E-state index in [-0.39, 0.29) is 17.7 Å². The number of likely N-dealkylation sites (tertiary alicyclic amines) is 1. The monoisotopic (exact) mass is 419 g/mol. The largest absolute Gasteiger partial charge is 0.355 e. The Kier molecular flexibility index (Phi) is 6.40. The fraction of sp³-hybridized carbons (Fsp3) is 0.500. The van der Waals surface area contributed by atoms with E-state index in [4.69, 9.17) is 0 Å². The smallest absolute Gasteiger partial charge is 0.228 e. The Balaban J connectivity index is 1.62. The highest BCUT2D eigenvalue weighted by Crippen LogP contribution is 2.39. The molecule has 1 unspecified atom stereocenters. The van der Waals surface area contributed by atoms with Crippen LogP contribution in [0, 0.1) is 17.3 Å². The number of nitrogens with one attached hydrogen (secondary N) is 1. The highest BCUT2D eigenvalue weighted by Gasteiger charge is 2.47. The minimum atomic E-state index is -0.591. The first-order valence-corrected chi connectivity index (χ1v) is 11.5. The van der Waals surface area contributed by atoms with E-state index in [2.05, 4.69) is 42.3 Å². The molecule has 0 radical (unpaired) electrons. The standard InChI is InChI=1S/C26H33N3O2/c1-19(2)16-28-25(31)26(12-14-29(18-26)24(30)20-8-5-9-20)15-21-7-3-4-11-23(21)22-10-6-13-27-17-22/h3-4,6-7,10-11,13,17,19-20H,5,8-9,12,14-16,18H2,1-2H3,(H,28,31). The van der Waals surface area contributed by atoms with Crippen LogP contribution in [-0.4, -0.2) is 41.3 Å². The molecule has 5 heteroatoms. The third-order valence-electron chi connectivity index (χ3n) is 6.79. The van der Waals surface area contributed by atoms with Gasteiger partial charge in [-0.25, -0.2) is 0 Å². The number of hydrogen-bond donors (Lipinski definition) is 1. The van der Waals surface area contributed by atoms with Crippen LogP contribution < -0.4 is 5.32 Å². The molecule has 4 rings (SSSR count). The molecule has 0 spiro atoms. The van der Waals surface area contributed by atoms with Gasteiger partial charge in [0.15, 0.2) is 0 Å². The molecule has 1 N–H and O–H groups in total. The molecule has 2 aromatic rings. The van der Waals surface area contributed by atoms with E-state index in [0.29, 0.717) is 38.4 Å². The first-order valence-electron chi connectivity index (χ1n) is 11.5. The molecule has 164 valence electrons. The number of nitrogens with zero attached hydrogens (tertiary/aromatic N) is 2. The van der Waals surface area contributed by atoms with Gasteiger partial charge in [-0.15, -0.1) is 0 Å². The summed E-state index contributed by atoms with van der Waals surface area (Å²) in [4.78, 5) is 32.6. The van der Waals surface area contributed by atoms with Crippen LogP contribution in [0.5, 0.6) is 0 Å². The summed E-state index contributed by atoms with van der Waals surface area (Å²) in [6.07, 6.45) is 8.09. The van der Waals surface area contributed by atoms with E-state index in [1.165, 1.54) is 0 Å². The van der Waals surface area contributed by atoms with E-state index in [1.807, 2.05) is 29.3 Å². The molecule has 31 heavy (non-hydrogen) atoms. The SMILES string of the molecule is CC(C)CNC(=O)C1(Cc2ccccc2-c2cccnc2)CCN(C(=O)C2CCC2)C1. The molecular weight excluding hydrogens is 386 g/mol. The van der Waals surface area contributed by atoms with Crippen molar-refractivity contribution in [1.82, 2.24) is 15.2 Å². The van der Waals surface area contributed by atoms with Gasteiger partial charge in [-0.2, -0.15) is 0 Å². The predicted molar refractivity (Wildman–Crippen MR) is 122 cm³/mol. The van der Waals surface area contributed by atoms with E-state index in [0.717, 1.165) is 36.0 Å². The zero-order valence-corrected chi connectivity index (χ0v) is 18.6. The number of benzene rings is 1. The van der Waals surface area contributed by atoms with Crippen LogP contribution in [0.4, 0.5) is 0 Å². The van der Waals surface area contributed by atoms with Crippen molar-refractivity contribution >= 4 is 11.8 Å². The molecule has 1 atom stereocenters. The molecule has 2 fully saturated rings. The van der Waals surface area contributed by atoms with Crippen molar-refractivity contribution in [3.05, 3.63) is 54.4 Å². The minimum Gasteiger partial charge on any atom is -0.355 e. The highest BCUT2D eigenvalue weighted by molar-refractivity contribution is 5.87. The highest BCUT2D eigenvalue weighted by atomic mass is 16.2. The molecule has 2 aliphatic rings. The summed E-state index contributed by atoms with van der Waals surface area (Å²) in [6.45, 7) is 6.03. The van der Waals surface area contributed by atoms with Crippen molar-refractivity contribution in [1.29, 1.82) is 0 Å². The van der Waals surface area contributed by atoms with Gasteiger partial charge >= 0.3 is 0 Å². The van der Waals surface area contributed by atoms with Gasteiger partial charge in [0.2, 0.25) is 11.8 Å². The van der Waals surface area contributed by atoms with Gasteiger partial charge in [-0.3, -0.25) is 14.6 Å². The number of hydrogen-bond acceptors (Lipinski definition) is 3. The second kappa shape index (κ2) is 9.21. The average molecular weight is 420 g/mol. The average Bonchev–Trinajstić information content (AvgIpc) is 3.17. The van der Waals surface area contributed by atoms with Gasteiger partial charge in [0, 0.05) is 43.5 Å². The fourth-order valence-corrected chi connectivity index (χ4v) is 4.71. The normalized spacial score (nSPS) is 21.2. The van der Waals surface area contributed by atoms with Crippen molar-refractivity contribution < 1.29 is 9.59 Å². The summed E-state index contributed by atoms with van der Waals surface area (Å²) in [7, 11) is 0. The van der Waals surface area contributed by atoms with Gasteiger partial charge in [0.05, 0.1) is 5.41 Å². The van der Waals surface area contributed by atoms with Crippen molar-refractivity contribution in [2.24, 2.45) is 17.3 Å². The Labute approximate surface area is 185 Å². The Morgan fingerprint density at radius 1 is 1.19 bits per heavy atom. The molecule has 1 aliphatic heterocycles. The summed E-state index contributed by atoms with van der Waals surface area (Å²) in [5.41, 5.74) is 2.70. The molecule has 1 aromatic heterocycles. The number of amides is 2. The number of rotatable bonds is 7. The molecule has 1 saturated carbocycles. The zero-order valence-electron chi connectivity index (χ0n) is 18.6. The number of pyridine rings is 1. The van der Waals surface area contributed by atoms with Gasteiger partial charge in [0.25, 0.3) is 0 Å². The Hall–Kier alpha value is -2.69. The lowest BCUT2D eigenvalue weighted by atomic mass is 9.78. The van der Waals surface area contributed by atoms with Crippen LogP contribution in [0.1, 0.15) is 45.1 Å². The molecule has 1 aromatic carbocycles. The molecular formula is C26H33N3O2. The molecule has 2 heterocycles. The molecule has 2 amide bonds. The van der Waals surface area contributed by atoms with Crippen LogP contribution in [-0.2, 0) is 16.0 Å². The van der Waals surface area contributed by atoms with E-state index in [1.54, 1.807) is 6.20 Å². The van der Waals surface area contributed by atoms with E-state index >= 15 is 0 Å². The predicted octanol–water partition coefficient (Wildman–Crippen LogP) is 4.08. The van der Waals surface area contributed by atoms with Crippen molar-refractivity contribution in [3.63, 3.8) is 0 Å². The first kappa shape index (κ1) is 21.5. The van der Waals surface area contributed by atoms with Gasteiger partial charge in [-0.05, 0) is 48.8 Å². The second-order valence-electron chi connectivity index (χ2n) is 9.60. The lowest BCUT2D eigenvalue weighted by molar-refractivity contribution is -0.138. The summed E-state index contributed by atoms with van der Waals surface area (Å²) in [5, 5.41) is 3.17. The summed E-state index contributed by atoms with van der Waals surface area (Å²) in [6, 6.07) is 12.2. The Bertz CT molecular complexity index is 923. The van der Waals surface area contributed by atoms with Crippen molar-refractivity contribution in [2.75, 3.05) is 19.6 Å². The Morgan fingerprint density at radius 2 is 2.00 bits per heavy atom. The van der Waals surface area contributed by atoms with Crippen LogP contribution in [0.25, 0.3) is 11.1 Å². The van der Waals surface area contributed by atoms with Crippen molar-refractivity contribution in [3.8, 4) is 11.1 Å². The van der Waals surface area contributed by atoms with E-state index < -0.39 is 5.41 Å². The molecule has 1 aliphatic carbocycles. The molecule has 0 bridgehead atoms. The van der Waals surface area contributed by atoms with Crippen LogP contribution in [0.2, 0.25) is 0 Å². The third-order valence-corrected chi connectivity index (χ3v) is 6.79. The van der Waals surface area contributed by atoms with Gasteiger partial charge in [0.1, 0.15) is 0 Å². The first-order chi connectivity index (χ1) is 15.0. The van der Waals surface area contributed by atoms with E-state index in [9.17, 15) is 9.59 Å². The topological polar surface area (TPSA) is 62.3 Å². The van der Waals surface area contributed by atoms with Gasteiger partial charge < -0.3 is 10.2 Å². The van der Waals surface area contributed by atoms with Gasteiger partial charge in [-0.1, -0.05) is 50.6 Å². The summed E-state index contributed by atoms with van der Waals surface area (Å²) >= 11 is 0. The van der Waals surface area contributed by atoms with Crippen LogP contribution in [0.15, 0.2) is 48.8 Å². The van der Waals surface area contributed by atoms with Crippen LogP contribution in [0.3, 0.4) is 0 Å². The maximum atomic E-state index is 13.5. The molecule has 5 nitrogen and oxygen atoms in total. The van der Waals surface area contributed by atoms with Crippen molar-refractivity contribution in [2.45, 2.75) is 46.0 Å².